The van der Waals surface area contributed by atoms with Gasteiger partial charge in [0.05, 0.1) is 19.7 Å². The molecule has 3 atom stereocenters. The standard InChI is InChI=1S/C20H25N3O4/c1-22-18(24)9-8-16(21-22)19(25)23-11-17(26-2)20(13-23)10-15(12-27-20)14-6-4-3-5-7-14/h3-7,15,17H,8-13H2,1-2H3/t15-,17-,20-/m1/s1. The molecule has 0 aromatic heterocycles. The Morgan fingerprint density at radius 1 is 1.30 bits per heavy atom. The van der Waals surface area contributed by atoms with E-state index in [1.807, 2.05) is 18.2 Å². The van der Waals surface area contributed by atoms with E-state index in [1.54, 1.807) is 19.1 Å². The number of carbonyl (C=O) groups excluding carboxylic acids is 2. The highest BCUT2D eigenvalue weighted by Crippen LogP contribution is 2.43. The fourth-order valence-electron chi connectivity index (χ4n) is 4.38. The lowest BCUT2D eigenvalue weighted by Gasteiger charge is -2.28. The first-order valence-corrected chi connectivity index (χ1v) is 9.37. The summed E-state index contributed by atoms with van der Waals surface area (Å²) in [5.74, 6) is 0.110. The van der Waals surface area contributed by atoms with Crippen LogP contribution >= 0.6 is 0 Å². The largest absolute Gasteiger partial charge is 0.377 e. The zero-order valence-electron chi connectivity index (χ0n) is 15.8. The zero-order valence-corrected chi connectivity index (χ0v) is 15.8. The number of carbonyl (C=O) groups is 2. The van der Waals surface area contributed by atoms with Gasteiger partial charge in [0.2, 0.25) is 5.91 Å². The van der Waals surface area contributed by atoms with Gasteiger partial charge in [0.15, 0.2) is 0 Å². The van der Waals surface area contributed by atoms with Gasteiger partial charge in [-0.2, -0.15) is 5.10 Å². The monoisotopic (exact) mass is 371 g/mol. The van der Waals surface area contributed by atoms with Crippen molar-refractivity contribution in [2.75, 3.05) is 33.9 Å². The lowest BCUT2D eigenvalue weighted by molar-refractivity contribution is -0.130. The number of benzene rings is 1. The van der Waals surface area contributed by atoms with Crippen LogP contribution in [0.1, 0.15) is 30.7 Å². The van der Waals surface area contributed by atoms with Crippen LogP contribution in [0.15, 0.2) is 35.4 Å². The van der Waals surface area contributed by atoms with Gasteiger partial charge in [-0.05, 0) is 12.0 Å². The third kappa shape index (κ3) is 3.26. The second kappa shape index (κ2) is 7.05. The van der Waals surface area contributed by atoms with Crippen LogP contribution in [0.2, 0.25) is 0 Å². The molecule has 1 aromatic carbocycles. The predicted octanol–water partition coefficient (Wildman–Crippen LogP) is 1.39. The molecule has 144 valence electrons. The highest BCUT2D eigenvalue weighted by Gasteiger charge is 2.54. The van der Waals surface area contributed by atoms with Crippen molar-refractivity contribution in [3.63, 3.8) is 0 Å². The number of nitrogens with zero attached hydrogens (tertiary/aromatic N) is 3. The van der Waals surface area contributed by atoms with Crippen LogP contribution in [0.4, 0.5) is 0 Å². The van der Waals surface area contributed by atoms with Gasteiger partial charge in [0.25, 0.3) is 5.91 Å². The quantitative estimate of drug-likeness (QED) is 0.805. The van der Waals surface area contributed by atoms with Crippen molar-refractivity contribution in [2.24, 2.45) is 5.10 Å². The Bertz CT molecular complexity index is 766. The SMILES string of the molecule is CO[C@@H]1CN(C(=O)C2=NN(C)C(=O)CC2)C[C@]12C[C@@H](c1ccccc1)CO2. The van der Waals surface area contributed by atoms with Crippen molar-refractivity contribution in [2.45, 2.75) is 36.9 Å². The summed E-state index contributed by atoms with van der Waals surface area (Å²) in [6.45, 7) is 1.60. The first-order valence-electron chi connectivity index (χ1n) is 9.37. The first kappa shape index (κ1) is 18.1. The summed E-state index contributed by atoms with van der Waals surface area (Å²) in [6, 6.07) is 10.3. The van der Waals surface area contributed by atoms with Gasteiger partial charge in [0.1, 0.15) is 17.4 Å². The summed E-state index contributed by atoms with van der Waals surface area (Å²) < 4.78 is 12.0. The van der Waals surface area contributed by atoms with Crippen LogP contribution in [0.3, 0.4) is 0 Å². The van der Waals surface area contributed by atoms with E-state index in [1.165, 1.54) is 10.6 Å². The van der Waals surface area contributed by atoms with Gasteiger partial charge in [0, 0.05) is 32.9 Å². The molecule has 0 bridgehead atoms. The average molecular weight is 371 g/mol. The van der Waals surface area contributed by atoms with Crippen molar-refractivity contribution in [3.05, 3.63) is 35.9 Å². The van der Waals surface area contributed by atoms with Gasteiger partial charge in [-0.3, -0.25) is 9.59 Å². The lowest BCUT2D eigenvalue weighted by Crippen LogP contribution is -2.43. The third-order valence-corrected chi connectivity index (χ3v) is 5.89. The molecule has 2 saturated heterocycles. The molecule has 3 aliphatic heterocycles. The molecule has 7 nitrogen and oxygen atoms in total. The number of rotatable bonds is 3. The molecule has 0 aliphatic carbocycles. The Balaban J connectivity index is 1.50. The molecule has 0 saturated carbocycles. The Morgan fingerprint density at radius 3 is 2.78 bits per heavy atom. The van der Waals surface area contributed by atoms with E-state index in [-0.39, 0.29) is 17.9 Å². The van der Waals surface area contributed by atoms with Gasteiger partial charge in [-0.1, -0.05) is 30.3 Å². The second-order valence-corrected chi connectivity index (χ2v) is 7.56. The Hall–Kier alpha value is -2.25. The van der Waals surface area contributed by atoms with Gasteiger partial charge >= 0.3 is 0 Å². The van der Waals surface area contributed by atoms with Crippen molar-refractivity contribution in [1.82, 2.24) is 9.91 Å². The number of amides is 2. The Kier molecular flexibility index (Phi) is 4.74. The first-order chi connectivity index (χ1) is 13.0. The molecule has 3 aliphatic rings. The maximum absolute atomic E-state index is 13.0. The van der Waals surface area contributed by atoms with Crippen molar-refractivity contribution < 1.29 is 19.1 Å². The predicted molar refractivity (Wildman–Crippen MR) is 99.3 cm³/mol. The van der Waals surface area contributed by atoms with Gasteiger partial charge in [-0.25, -0.2) is 5.01 Å². The molecule has 0 radical (unpaired) electrons. The average Bonchev–Trinajstić information content (AvgIpc) is 3.28. The second-order valence-electron chi connectivity index (χ2n) is 7.56. The van der Waals surface area contributed by atoms with Crippen LogP contribution < -0.4 is 0 Å². The van der Waals surface area contributed by atoms with E-state index in [0.717, 1.165) is 6.42 Å². The maximum atomic E-state index is 13.0. The van der Waals surface area contributed by atoms with E-state index in [0.29, 0.717) is 44.2 Å². The molecule has 1 spiro atoms. The third-order valence-electron chi connectivity index (χ3n) is 5.89. The summed E-state index contributed by atoms with van der Waals surface area (Å²) >= 11 is 0. The number of ether oxygens (including phenoxy) is 2. The summed E-state index contributed by atoms with van der Waals surface area (Å²) in [7, 11) is 3.26. The molecule has 0 unspecified atom stereocenters. The molecular weight excluding hydrogens is 346 g/mol. The normalized spacial score (nSPS) is 30.9. The van der Waals surface area contributed by atoms with Crippen LogP contribution in [0.25, 0.3) is 0 Å². The molecule has 2 fully saturated rings. The maximum Gasteiger partial charge on any atom is 0.270 e. The fourth-order valence-corrected chi connectivity index (χ4v) is 4.38. The van der Waals surface area contributed by atoms with E-state index in [4.69, 9.17) is 9.47 Å². The lowest BCUT2D eigenvalue weighted by atomic mass is 9.87. The minimum Gasteiger partial charge on any atom is -0.377 e. The van der Waals surface area contributed by atoms with Crippen molar-refractivity contribution in [3.8, 4) is 0 Å². The van der Waals surface area contributed by atoms with E-state index >= 15 is 0 Å². The molecule has 3 heterocycles. The van der Waals surface area contributed by atoms with Crippen LogP contribution in [0.5, 0.6) is 0 Å². The van der Waals surface area contributed by atoms with E-state index < -0.39 is 5.60 Å². The summed E-state index contributed by atoms with van der Waals surface area (Å²) in [6.07, 6.45) is 1.36. The Labute approximate surface area is 158 Å². The Morgan fingerprint density at radius 2 is 2.07 bits per heavy atom. The molecule has 7 heteroatoms. The highest BCUT2D eigenvalue weighted by molar-refractivity contribution is 6.39. The summed E-state index contributed by atoms with van der Waals surface area (Å²) in [5, 5.41) is 5.42. The molecule has 2 amide bonds. The van der Waals surface area contributed by atoms with Crippen LogP contribution in [0, 0.1) is 0 Å². The number of methoxy groups -OCH3 is 1. The van der Waals surface area contributed by atoms with Crippen LogP contribution in [-0.2, 0) is 19.1 Å². The number of hydrogen-bond donors (Lipinski definition) is 0. The van der Waals surface area contributed by atoms with Crippen molar-refractivity contribution >= 4 is 17.5 Å². The summed E-state index contributed by atoms with van der Waals surface area (Å²) in [4.78, 5) is 26.3. The molecule has 4 rings (SSSR count). The number of hydrazone groups is 1. The molecular formula is C20H25N3O4. The summed E-state index contributed by atoms with van der Waals surface area (Å²) in [5.41, 5.74) is 1.20. The molecule has 1 aromatic rings. The zero-order chi connectivity index (χ0) is 19.0. The topological polar surface area (TPSA) is 71.4 Å². The van der Waals surface area contributed by atoms with E-state index in [2.05, 4.69) is 17.2 Å². The molecule has 0 N–H and O–H groups in total. The van der Waals surface area contributed by atoms with Gasteiger partial charge < -0.3 is 14.4 Å². The van der Waals surface area contributed by atoms with E-state index in [9.17, 15) is 9.59 Å². The highest BCUT2D eigenvalue weighted by atomic mass is 16.6. The minimum absolute atomic E-state index is 0.0657. The van der Waals surface area contributed by atoms with Crippen LogP contribution in [-0.4, -0.2) is 73.0 Å². The number of likely N-dealkylation sites (tertiary alicyclic amines) is 1. The molecule has 27 heavy (non-hydrogen) atoms. The smallest absolute Gasteiger partial charge is 0.270 e. The number of hydrogen-bond acceptors (Lipinski definition) is 5. The minimum atomic E-state index is -0.484. The van der Waals surface area contributed by atoms with Gasteiger partial charge in [-0.15, -0.1) is 0 Å². The fraction of sp³-hybridized carbons (Fsp3) is 0.550. The van der Waals surface area contributed by atoms with Crippen molar-refractivity contribution in [1.29, 1.82) is 0 Å².